The molecule has 0 aliphatic carbocycles. The number of likely N-dealkylation sites (N-methyl/N-ethyl adjacent to an activating group) is 1. The molecular weight excluding hydrogens is 227 g/mol. The van der Waals surface area contributed by atoms with Gasteiger partial charge in [-0.15, -0.1) is 0 Å². The molecule has 1 aromatic carbocycles. The number of rotatable bonds is 3. The molecule has 2 nitrogen and oxygen atoms in total. The van der Waals surface area contributed by atoms with Crippen LogP contribution in [0.5, 0.6) is 0 Å². The summed E-state index contributed by atoms with van der Waals surface area (Å²) in [5.74, 6) is -0.0700. The van der Waals surface area contributed by atoms with Gasteiger partial charge < -0.3 is 0 Å². The van der Waals surface area contributed by atoms with Crippen LogP contribution in [0.1, 0.15) is 25.3 Å². The van der Waals surface area contributed by atoms with Crippen LogP contribution in [0.15, 0.2) is 24.3 Å². The number of nitrogens with zero attached hydrogens (tertiary/aromatic N) is 2. The molecule has 2 fully saturated rings. The fourth-order valence-corrected chi connectivity index (χ4v) is 3.48. The molecule has 0 N–H and O–H groups in total. The molecule has 1 aromatic rings. The van der Waals surface area contributed by atoms with E-state index in [-0.39, 0.29) is 5.82 Å². The highest BCUT2D eigenvalue weighted by molar-refractivity contribution is 5.18. The van der Waals surface area contributed by atoms with E-state index in [9.17, 15) is 4.39 Å². The van der Waals surface area contributed by atoms with E-state index in [0.29, 0.717) is 5.54 Å². The summed E-state index contributed by atoms with van der Waals surface area (Å²) in [6.45, 7) is 7.59. The van der Waals surface area contributed by atoms with Crippen molar-refractivity contribution in [2.75, 3.05) is 26.2 Å². The first kappa shape index (κ1) is 12.1. The second-order valence-electron chi connectivity index (χ2n) is 5.61. The van der Waals surface area contributed by atoms with Crippen LogP contribution in [-0.2, 0) is 6.54 Å². The number of benzene rings is 1. The summed E-state index contributed by atoms with van der Waals surface area (Å²) in [5, 5.41) is 0. The fraction of sp³-hybridized carbons (Fsp3) is 0.600. The van der Waals surface area contributed by atoms with Crippen molar-refractivity contribution in [2.24, 2.45) is 0 Å². The molecule has 98 valence electrons. The Morgan fingerprint density at radius 3 is 2.67 bits per heavy atom. The minimum absolute atomic E-state index is 0.0700. The highest BCUT2D eigenvalue weighted by Crippen LogP contribution is 2.39. The van der Waals surface area contributed by atoms with Gasteiger partial charge in [-0.2, -0.15) is 0 Å². The van der Waals surface area contributed by atoms with Gasteiger partial charge in [0.05, 0.1) is 0 Å². The summed E-state index contributed by atoms with van der Waals surface area (Å²) in [5.41, 5.74) is 1.25. The summed E-state index contributed by atoms with van der Waals surface area (Å²) in [4.78, 5) is 4.98. The minimum atomic E-state index is -0.0700. The molecule has 3 rings (SSSR count). The SMILES string of the molecule is CCN1CC[C@]12CCN(Cc1ccccc1F)C2. The predicted molar refractivity (Wildman–Crippen MR) is 70.9 cm³/mol. The van der Waals surface area contributed by atoms with Crippen molar-refractivity contribution in [1.82, 2.24) is 9.80 Å². The molecule has 3 heteroatoms. The Labute approximate surface area is 108 Å². The van der Waals surface area contributed by atoms with Crippen molar-refractivity contribution >= 4 is 0 Å². The Bertz CT molecular complexity index is 432. The smallest absolute Gasteiger partial charge is 0.127 e. The number of hydrogen-bond donors (Lipinski definition) is 0. The minimum Gasteiger partial charge on any atom is -0.297 e. The third kappa shape index (κ3) is 1.95. The normalized spacial score (nSPS) is 28.8. The largest absolute Gasteiger partial charge is 0.297 e. The Balaban J connectivity index is 1.65. The fourth-order valence-electron chi connectivity index (χ4n) is 3.48. The summed E-state index contributed by atoms with van der Waals surface area (Å²) in [7, 11) is 0. The van der Waals surface area contributed by atoms with Gasteiger partial charge >= 0.3 is 0 Å². The van der Waals surface area contributed by atoms with Gasteiger partial charge in [0.1, 0.15) is 5.82 Å². The molecule has 2 saturated heterocycles. The Morgan fingerprint density at radius 1 is 1.22 bits per heavy atom. The third-order valence-corrected chi connectivity index (χ3v) is 4.66. The van der Waals surface area contributed by atoms with E-state index in [1.165, 1.54) is 19.4 Å². The van der Waals surface area contributed by atoms with Gasteiger partial charge in [0.15, 0.2) is 0 Å². The van der Waals surface area contributed by atoms with Gasteiger partial charge in [0, 0.05) is 37.3 Å². The van der Waals surface area contributed by atoms with Gasteiger partial charge in [-0.3, -0.25) is 9.80 Å². The van der Waals surface area contributed by atoms with Crippen molar-refractivity contribution in [3.8, 4) is 0 Å². The quantitative estimate of drug-likeness (QED) is 0.811. The van der Waals surface area contributed by atoms with Crippen LogP contribution in [-0.4, -0.2) is 41.5 Å². The van der Waals surface area contributed by atoms with E-state index in [2.05, 4.69) is 16.7 Å². The second-order valence-corrected chi connectivity index (χ2v) is 5.61. The first-order valence-electron chi connectivity index (χ1n) is 6.94. The van der Waals surface area contributed by atoms with E-state index in [1.807, 2.05) is 12.1 Å². The second kappa shape index (κ2) is 4.63. The van der Waals surface area contributed by atoms with Crippen LogP contribution in [0.3, 0.4) is 0 Å². The zero-order valence-corrected chi connectivity index (χ0v) is 11.0. The van der Waals surface area contributed by atoms with Gasteiger partial charge in [-0.25, -0.2) is 4.39 Å². The van der Waals surface area contributed by atoms with E-state index < -0.39 is 0 Å². The molecule has 2 heterocycles. The van der Waals surface area contributed by atoms with Crippen LogP contribution in [0.4, 0.5) is 4.39 Å². The molecule has 0 saturated carbocycles. The summed E-state index contributed by atoms with van der Waals surface area (Å²) in [6, 6.07) is 7.14. The zero-order chi connectivity index (χ0) is 12.6. The van der Waals surface area contributed by atoms with E-state index in [1.54, 1.807) is 12.1 Å². The Hall–Kier alpha value is -0.930. The molecule has 18 heavy (non-hydrogen) atoms. The summed E-state index contributed by atoms with van der Waals surface area (Å²) >= 11 is 0. The molecule has 1 spiro atoms. The van der Waals surface area contributed by atoms with Crippen molar-refractivity contribution in [2.45, 2.75) is 31.8 Å². The lowest BCUT2D eigenvalue weighted by molar-refractivity contribution is -0.00197. The summed E-state index contributed by atoms with van der Waals surface area (Å²) < 4.78 is 13.6. The summed E-state index contributed by atoms with van der Waals surface area (Å²) in [6.07, 6.45) is 2.56. The molecule has 0 radical (unpaired) electrons. The molecule has 0 bridgehead atoms. The molecule has 2 aliphatic rings. The first-order chi connectivity index (χ1) is 8.73. The lowest BCUT2D eigenvalue weighted by Crippen LogP contribution is -2.60. The van der Waals surface area contributed by atoms with E-state index >= 15 is 0 Å². The highest BCUT2D eigenvalue weighted by Gasteiger charge is 2.48. The molecule has 0 amide bonds. The van der Waals surface area contributed by atoms with Crippen LogP contribution in [0.2, 0.25) is 0 Å². The van der Waals surface area contributed by atoms with Gasteiger partial charge in [0.25, 0.3) is 0 Å². The van der Waals surface area contributed by atoms with Crippen molar-refractivity contribution in [3.63, 3.8) is 0 Å². The predicted octanol–water partition coefficient (Wildman–Crippen LogP) is 2.50. The van der Waals surface area contributed by atoms with Crippen molar-refractivity contribution in [3.05, 3.63) is 35.6 Å². The highest BCUT2D eigenvalue weighted by atomic mass is 19.1. The average Bonchev–Trinajstić information content (AvgIpc) is 2.78. The molecule has 0 unspecified atom stereocenters. The van der Waals surface area contributed by atoms with Crippen molar-refractivity contribution in [1.29, 1.82) is 0 Å². The first-order valence-corrected chi connectivity index (χ1v) is 6.94. The lowest BCUT2D eigenvalue weighted by Gasteiger charge is -2.50. The molecule has 0 aromatic heterocycles. The monoisotopic (exact) mass is 248 g/mol. The number of likely N-dealkylation sites (tertiary alicyclic amines) is 2. The van der Waals surface area contributed by atoms with E-state index in [4.69, 9.17) is 0 Å². The zero-order valence-electron chi connectivity index (χ0n) is 11.0. The molecule has 2 aliphatic heterocycles. The van der Waals surface area contributed by atoms with Crippen LogP contribution >= 0.6 is 0 Å². The van der Waals surface area contributed by atoms with Crippen LogP contribution < -0.4 is 0 Å². The lowest BCUT2D eigenvalue weighted by atomic mass is 9.84. The maximum absolute atomic E-state index is 13.6. The van der Waals surface area contributed by atoms with Gasteiger partial charge in [0.2, 0.25) is 0 Å². The number of halogens is 1. The molecule has 1 atom stereocenters. The topological polar surface area (TPSA) is 6.48 Å². The third-order valence-electron chi connectivity index (χ3n) is 4.66. The Morgan fingerprint density at radius 2 is 2.00 bits per heavy atom. The average molecular weight is 248 g/mol. The maximum atomic E-state index is 13.6. The van der Waals surface area contributed by atoms with Gasteiger partial charge in [-0.05, 0) is 25.5 Å². The Kier molecular flexibility index (Phi) is 3.12. The standard InChI is InChI=1S/C15H21FN2/c1-2-18-10-8-15(18)7-9-17(12-15)11-13-5-3-4-6-14(13)16/h3-6H,2,7-12H2,1H3/t15-/m0/s1. The van der Waals surface area contributed by atoms with Crippen LogP contribution in [0, 0.1) is 5.82 Å². The van der Waals surface area contributed by atoms with Gasteiger partial charge in [-0.1, -0.05) is 25.1 Å². The van der Waals surface area contributed by atoms with Crippen LogP contribution in [0.25, 0.3) is 0 Å². The van der Waals surface area contributed by atoms with Crippen molar-refractivity contribution < 1.29 is 4.39 Å². The number of hydrogen-bond acceptors (Lipinski definition) is 2. The van der Waals surface area contributed by atoms with E-state index in [0.717, 1.165) is 31.7 Å². The molecular formula is C15H21FN2. The maximum Gasteiger partial charge on any atom is 0.127 e.